The summed E-state index contributed by atoms with van der Waals surface area (Å²) < 4.78 is 0. The molecule has 5 aliphatic rings. The fourth-order valence-corrected chi connectivity index (χ4v) is 10.5. The molecule has 0 bridgehead atoms. The Hall–Kier alpha value is -0.260. The molecule has 30 heavy (non-hydrogen) atoms. The summed E-state index contributed by atoms with van der Waals surface area (Å²) in [6.45, 7) is 21.2. The van der Waals surface area contributed by atoms with E-state index >= 15 is 0 Å². The number of allylic oxidation sites excluding steroid dienone is 2. The Labute approximate surface area is 188 Å². The van der Waals surface area contributed by atoms with Crippen LogP contribution in [0.2, 0.25) is 0 Å². The van der Waals surface area contributed by atoms with Crippen LogP contribution in [0.25, 0.3) is 0 Å². The highest BCUT2D eigenvalue weighted by atomic mass is 14.7. The third-order valence-electron chi connectivity index (χ3n) is 12.7. The monoisotopic (exact) mass is 410 g/mol. The van der Waals surface area contributed by atoms with Gasteiger partial charge >= 0.3 is 0 Å². The zero-order valence-corrected chi connectivity index (χ0v) is 21.6. The Kier molecular flexibility index (Phi) is 4.46. The van der Waals surface area contributed by atoms with Crippen LogP contribution < -0.4 is 0 Å². The summed E-state index contributed by atoms with van der Waals surface area (Å²) in [6, 6.07) is 0. The lowest BCUT2D eigenvalue weighted by Crippen LogP contribution is -2.64. The molecule has 0 heteroatoms. The van der Waals surface area contributed by atoms with Crippen LogP contribution in [0.3, 0.4) is 0 Å². The van der Waals surface area contributed by atoms with E-state index in [0.29, 0.717) is 32.5 Å². The Balaban J connectivity index is 1.58. The highest BCUT2D eigenvalue weighted by molar-refractivity contribution is 5.35. The maximum atomic E-state index is 2.79. The molecular formula is C30H50. The second-order valence-corrected chi connectivity index (χ2v) is 15.1. The van der Waals surface area contributed by atoms with E-state index in [4.69, 9.17) is 0 Å². The first-order valence-electron chi connectivity index (χ1n) is 13.5. The first-order valence-corrected chi connectivity index (χ1v) is 13.5. The molecular weight excluding hydrogens is 360 g/mol. The van der Waals surface area contributed by atoms with E-state index in [1.165, 1.54) is 77.0 Å². The molecule has 170 valence electrons. The van der Waals surface area contributed by atoms with Crippen molar-refractivity contribution in [2.45, 2.75) is 132 Å². The molecule has 3 fully saturated rings. The first-order chi connectivity index (χ1) is 13.8. The predicted octanol–water partition coefficient (Wildman–Crippen LogP) is 9.34. The number of hydrogen-bond acceptors (Lipinski definition) is 0. The standard InChI is InChI=1S/C30H50/c1-25(2)14-15-27(5)16-18-29(7)23-12-11-21-22(10-9-13-26(21,3)4)28(23,6)17-19-30(29,8)24(27)20-25/h23-24H,9-20H2,1-8H3/t23-,24+,27+,28-,29+,30-/m0/s1. The van der Waals surface area contributed by atoms with Gasteiger partial charge in [-0.2, -0.15) is 0 Å². The molecule has 0 aromatic heterocycles. The minimum Gasteiger partial charge on any atom is -0.0648 e. The van der Waals surface area contributed by atoms with Gasteiger partial charge in [0.1, 0.15) is 0 Å². The van der Waals surface area contributed by atoms with Crippen molar-refractivity contribution >= 4 is 0 Å². The molecule has 0 heterocycles. The summed E-state index contributed by atoms with van der Waals surface area (Å²) in [5.74, 6) is 1.83. The molecule has 0 spiro atoms. The van der Waals surface area contributed by atoms with Crippen LogP contribution in [0.5, 0.6) is 0 Å². The zero-order valence-electron chi connectivity index (χ0n) is 21.6. The highest BCUT2D eigenvalue weighted by Crippen LogP contribution is 2.76. The lowest BCUT2D eigenvalue weighted by atomic mass is 9.32. The van der Waals surface area contributed by atoms with Crippen molar-refractivity contribution in [2.24, 2.45) is 44.3 Å². The lowest BCUT2D eigenvalue weighted by Gasteiger charge is -2.72. The van der Waals surface area contributed by atoms with Crippen molar-refractivity contribution in [3.8, 4) is 0 Å². The van der Waals surface area contributed by atoms with Gasteiger partial charge in [-0.3, -0.25) is 0 Å². The fraction of sp³-hybridized carbons (Fsp3) is 0.933. The fourth-order valence-electron chi connectivity index (χ4n) is 10.5. The topological polar surface area (TPSA) is 0 Å². The van der Waals surface area contributed by atoms with Gasteiger partial charge in [0.15, 0.2) is 0 Å². The molecule has 0 nitrogen and oxygen atoms in total. The van der Waals surface area contributed by atoms with E-state index in [1.54, 1.807) is 0 Å². The van der Waals surface area contributed by atoms with Gasteiger partial charge in [0.2, 0.25) is 0 Å². The summed E-state index contributed by atoms with van der Waals surface area (Å²) >= 11 is 0. The smallest absolute Gasteiger partial charge is 0.00795 e. The van der Waals surface area contributed by atoms with E-state index in [0.717, 1.165) is 11.8 Å². The van der Waals surface area contributed by atoms with Crippen molar-refractivity contribution in [1.29, 1.82) is 0 Å². The van der Waals surface area contributed by atoms with Gasteiger partial charge in [0.05, 0.1) is 0 Å². The molecule has 5 aliphatic carbocycles. The second-order valence-electron chi connectivity index (χ2n) is 15.1. The van der Waals surface area contributed by atoms with Gasteiger partial charge in [-0.15, -0.1) is 0 Å². The predicted molar refractivity (Wildman–Crippen MR) is 129 cm³/mol. The normalized spacial score (nSPS) is 52.0. The van der Waals surface area contributed by atoms with Crippen molar-refractivity contribution in [2.75, 3.05) is 0 Å². The molecule has 3 saturated carbocycles. The van der Waals surface area contributed by atoms with Crippen LogP contribution in [-0.4, -0.2) is 0 Å². The third-order valence-corrected chi connectivity index (χ3v) is 12.7. The summed E-state index contributed by atoms with van der Waals surface area (Å²) in [5.41, 5.74) is 7.00. The SMILES string of the molecule is CC1(C)CC[C@]2(C)CC[C@]3(C)[C@H]4CCC5=C(CCCC5(C)C)[C@]4(C)CC[C@@]3(C)[C@@H]2C1. The maximum Gasteiger partial charge on any atom is -0.00795 e. The van der Waals surface area contributed by atoms with Crippen LogP contribution in [0.1, 0.15) is 132 Å². The second kappa shape index (κ2) is 6.20. The van der Waals surface area contributed by atoms with Crippen LogP contribution in [-0.2, 0) is 0 Å². The average Bonchev–Trinajstić information content (AvgIpc) is 2.65. The molecule has 0 aromatic carbocycles. The molecule has 0 aromatic rings. The van der Waals surface area contributed by atoms with E-state index in [2.05, 4.69) is 55.4 Å². The van der Waals surface area contributed by atoms with Crippen molar-refractivity contribution < 1.29 is 0 Å². The van der Waals surface area contributed by atoms with Crippen molar-refractivity contribution in [1.82, 2.24) is 0 Å². The quantitative estimate of drug-likeness (QED) is 0.349. The molecule has 0 amide bonds. The van der Waals surface area contributed by atoms with Crippen LogP contribution in [0, 0.1) is 44.3 Å². The van der Waals surface area contributed by atoms with Gasteiger partial charge < -0.3 is 0 Å². The molecule has 6 atom stereocenters. The minimum atomic E-state index is 0.460. The van der Waals surface area contributed by atoms with E-state index in [9.17, 15) is 0 Å². The Bertz CT molecular complexity index is 767. The third kappa shape index (κ3) is 2.64. The van der Waals surface area contributed by atoms with E-state index in [-0.39, 0.29) is 0 Å². The Morgan fingerprint density at radius 1 is 0.600 bits per heavy atom. The number of fused-ring (bicyclic) bond motifs is 6. The van der Waals surface area contributed by atoms with Gasteiger partial charge in [-0.05, 0) is 121 Å². The van der Waals surface area contributed by atoms with Gasteiger partial charge in [-0.1, -0.05) is 66.5 Å². The summed E-state index contributed by atoms with van der Waals surface area (Å²) in [7, 11) is 0. The van der Waals surface area contributed by atoms with Crippen LogP contribution >= 0.6 is 0 Å². The summed E-state index contributed by atoms with van der Waals surface area (Å²) in [5, 5.41) is 0. The minimum absolute atomic E-state index is 0.460. The van der Waals surface area contributed by atoms with E-state index in [1.807, 2.05) is 11.1 Å². The number of rotatable bonds is 0. The largest absolute Gasteiger partial charge is 0.0648 e. The summed E-state index contributed by atoms with van der Waals surface area (Å²) in [4.78, 5) is 0. The lowest BCUT2D eigenvalue weighted by molar-refractivity contribution is -0.218. The molecule has 0 radical (unpaired) electrons. The Morgan fingerprint density at radius 3 is 1.97 bits per heavy atom. The van der Waals surface area contributed by atoms with Gasteiger partial charge in [0, 0.05) is 0 Å². The van der Waals surface area contributed by atoms with Gasteiger partial charge in [0.25, 0.3) is 0 Å². The molecule has 0 aliphatic heterocycles. The molecule has 0 unspecified atom stereocenters. The molecule has 5 rings (SSSR count). The van der Waals surface area contributed by atoms with Crippen LogP contribution in [0.15, 0.2) is 11.1 Å². The van der Waals surface area contributed by atoms with E-state index < -0.39 is 0 Å². The highest BCUT2D eigenvalue weighted by Gasteiger charge is 2.68. The zero-order chi connectivity index (χ0) is 21.8. The van der Waals surface area contributed by atoms with Crippen molar-refractivity contribution in [3.63, 3.8) is 0 Å². The Morgan fingerprint density at radius 2 is 1.23 bits per heavy atom. The number of hydrogen-bond donors (Lipinski definition) is 0. The molecule has 0 N–H and O–H groups in total. The maximum absolute atomic E-state index is 2.79. The average molecular weight is 411 g/mol. The van der Waals surface area contributed by atoms with Gasteiger partial charge in [-0.25, -0.2) is 0 Å². The summed E-state index contributed by atoms with van der Waals surface area (Å²) in [6.07, 6.45) is 17.4. The molecule has 0 saturated heterocycles. The van der Waals surface area contributed by atoms with Crippen LogP contribution in [0.4, 0.5) is 0 Å². The first kappa shape index (κ1) is 21.6. The van der Waals surface area contributed by atoms with Crippen molar-refractivity contribution in [3.05, 3.63) is 11.1 Å².